The lowest BCUT2D eigenvalue weighted by Gasteiger charge is -2.20. The average molecular weight is 272 g/mol. The Morgan fingerprint density at radius 2 is 2.00 bits per heavy atom. The van der Waals surface area contributed by atoms with E-state index in [1.807, 2.05) is 0 Å². The summed E-state index contributed by atoms with van der Waals surface area (Å²) in [6.07, 6.45) is 4.95. The third-order valence-electron chi connectivity index (χ3n) is 3.22. The molecule has 0 aliphatic carbocycles. The van der Waals surface area contributed by atoms with E-state index in [2.05, 4.69) is 26.1 Å². The van der Waals surface area contributed by atoms with Crippen LogP contribution in [0.1, 0.15) is 58.1 Å². The van der Waals surface area contributed by atoms with Crippen molar-refractivity contribution in [3.8, 4) is 0 Å². The van der Waals surface area contributed by atoms with Gasteiger partial charge in [-0.05, 0) is 38.0 Å². The highest BCUT2D eigenvalue weighted by atomic mass is 35.5. The second kappa shape index (κ2) is 7.75. The molecule has 2 unspecified atom stereocenters. The molecule has 1 aromatic rings. The normalized spacial score (nSPS) is 14.5. The SMILES string of the molecule is CCCCCC(C)NC(C)c1ccc(F)c(Cl)c1. The van der Waals surface area contributed by atoms with Crippen LogP contribution in [-0.2, 0) is 0 Å². The number of hydrogen-bond donors (Lipinski definition) is 1. The van der Waals surface area contributed by atoms with Crippen molar-refractivity contribution < 1.29 is 4.39 Å². The Kier molecular flexibility index (Phi) is 6.66. The zero-order valence-electron chi connectivity index (χ0n) is 11.5. The van der Waals surface area contributed by atoms with Crippen LogP contribution in [0.25, 0.3) is 0 Å². The zero-order valence-corrected chi connectivity index (χ0v) is 12.2. The number of unbranched alkanes of at least 4 members (excludes halogenated alkanes) is 2. The summed E-state index contributed by atoms with van der Waals surface area (Å²) in [6.45, 7) is 6.48. The summed E-state index contributed by atoms with van der Waals surface area (Å²) in [5.41, 5.74) is 1.03. The van der Waals surface area contributed by atoms with Crippen LogP contribution in [0.2, 0.25) is 5.02 Å². The highest BCUT2D eigenvalue weighted by Crippen LogP contribution is 2.21. The standard InChI is InChI=1S/C15H23ClFN/c1-4-5-6-7-11(2)18-12(3)13-8-9-15(17)14(16)10-13/h8-12,18H,4-7H2,1-3H3. The summed E-state index contributed by atoms with van der Waals surface area (Å²) in [6, 6.07) is 5.58. The average Bonchev–Trinajstić information content (AvgIpc) is 2.33. The van der Waals surface area contributed by atoms with Crippen LogP contribution in [0.4, 0.5) is 4.39 Å². The molecule has 18 heavy (non-hydrogen) atoms. The van der Waals surface area contributed by atoms with Gasteiger partial charge in [0.15, 0.2) is 0 Å². The van der Waals surface area contributed by atoms with Crippen molar-refractivity contribution in [3.63, 3.8) is 0 Å². The maximum atomic E-state index is 13.1. The van der Waals surface area contributed by atoms with Gasteiger partial charge < -0.3 is 5.32 Å². The van der Waals surface area contributed by atoms with Crippen LogP contribution in [0.3, 0.4) is 0 Å². The Labute approximate surface area is 115 Å². The van der Waals surface area contributed by atoms with Crippen molar-refractivity contribution in [2.75, 3.05) is 0 Å². The largest absolute Gasteiger partial charge is 0.308 e. The first kappa shape index (κ1) is 15.5. The van der Waals surface area contributed by atoms with E-state index >= 15 is 0 Å². The predicted molar refractivity (Wildman–Crippen MR) is 76.6 cm³/mol. The molecule has 0 aliphatic heterocycles. The molecule has 0 amide bonds. The first-order valence-electron chi connectivity index (χ1n) is 6.75. The molecule has 1 rings (SSSR count). The van der Waals surface area contributed by atoms with E-state index in [4.69, 9.17) is 11.6 Å². The molecule has 0 aromatic heterocycles. The molecule has 0 radical (unpaired) electrons. The number of nitrogens with one attached hydrogen (secondary N) is 1. The van der Waals surface area contributed by atoms with Crippen molar-refractivity contribution in [2.24, 2.45) is 0 Å². The van der Waals surface area contributed by atoms with Gasteiger partial charge in [0, 0.05) is 12.1 Å². The van der Waals surface area contributed by atoms with Gasteiger partial charge in [-0.3, -0.25) is 0 Å². The van der Waals surface area contributed by atoms with Gasteiger partial charge in [-0.15, -0.1) is 0 Å². The Bertz CT molecular complexity index is 368. The topological polar surface area (TPSA) is 12.0 Å². The fourth-order valence-corrected chi connectivity index (χ4v) is 2.28. The summed E-state index contributed by atoms with van der Waals surface area (Å²) in [7, 11) is 0. The van der Waals surface area contributed by atoms with Crippen LogP contribution in [0.15, 0.2) is 18.2 Å². The Morgan fingerprint density at radius 3 is 2.61 bits per heavy atom. The van der Waals surface area contributed by atoms with Gasteiger partial charge in [-0.1, -0.05) is 43.9 Å². The number of rotatable bonds is 7. The highest BCUT2D eigenvalue weighted by molar-refractivity contribution is 6.30. The summed E-state index contributed by atoms with van der Waals surface area (Å²) in [5, 5.41) is 3.71. The maximum absolute atomic E-state index is 13.1. The third kappa shape index (κ3) is 4.95. The molecule has 3 heteroatoms. The number of benzene rings is 1. The van der Waals surface area contributed by atoms with E-state index in [1.54, 1.807) is 12.1 Å². The number of hydrogen-bond acceptors (Lipinski definition) is 1. The van der Waals surface area contributed by atoms with E-state index in [9.17, 15) is 4.39 Å². The number of halogens is 2. The first-order chi connectivity index (χ1) is 8.54. The first-order valence-corrected chi connectivity index (χ1v) is 7.13. The Balaban J connectivity index is 2.48. The molecule has 102 valence electrons. The van der Waals surface area contributed by atoms with Crippen LogP contribution >= 0.6 is 11.6 Å². The van der Waals surface area contributed by atoms with Crippen LogP contribution < -0.4 is 5.32 Å². The van der Waals surface area contributed by atoms with E-state index in [0.29, 0.717) is 6.04 Å². The van der Waals surface area contributed by atoms with E-state index in [0.717, 1.165) is 5.56 Å². The summed E-state index contributed by atoms with van der Waals surface area (Å²) in [4.78, 5) is 0. The lowest BCUT2D eigenvalue weighted by Crippen LogP contribution is -2.28. The molecule has 2 atom stereocenters. The smallest absolute Gasteiger partial charge is 0.141 e. The van der Waals surface area contributed by atoms with Crippen molar-refractivity contribution in [2.45, 2.75) is 58.5 Å². The highest BCUT2D eigenvalue weighted by Gasteiger charge is 2.11. The molecule has 0 fully saturated rings. The second-order valence-electron chi connectivity index (χ2n) is 4.96. The third-order valence-corrected chi connectivity index (χ3v) is 3.51. The van der Waals surface area contributed by atoms with Gasteiger partial charge in [0.05, 0.1) is 5.02 Å². The van der Waals surface area contributed by atoms with Crippen LogP contribution in [-0.4, -0.2) is 6.04 Å². The minimum Gasteiger partial charge on any atom is -0.308 e. The molecule has 1 nitrogen and oxygen atoms in total. The Morgan fingerprint density at radius 1 is 1.28 bits per heavy atom. The molecular weight excluding hydrogens is 249 g/mol. The van der Waals surface area contributed by atoms with E-state index in [-0.39, 0.29) is 16.9 Å². The quantitative estimate of drug-likeness (QED) is 0.681. The minimum atomic E-state index is -0.358. The summed E-state index contributed by atoms with van der Waals surface area (Å²) >= 11 is 5.79. The molecule has 0 heterocycles. The molecular formula is C15H23ClFN. The molecule has 0 saturated heterocycles. The van der Waals surface area contributed by atoms with Gasteiger partial charge >= 0.3 is 0 Å². The van der Waals surface area contributed by atoms with Gasteiger partial charge in [-0.2, -0.15) is 0 Å². The minimum absolute atomic E-state index is 0.194. The molecule has 1 aromatic carbocycles. The van der Waals surface area contributed by atoms with Crippen LogP contribution in [0, 0.1) is 5.82 Å². The van der Waals surface area contributed by atoms with Gasteiger partial charge in [-0.25, -0.2) is 4.39 Å². The molecule has 0 saturated carbocycles. The molecule has 1 N–H and O–H groups in total. The second-order valence-corrected chi connectivity index (χ2v) is 5.37. The lowest BCUT2D eigenvalue weighted by molar-refractivity contribution is 0.440. The van der Waals surface area contributed by atoms with Gasteiger partial charge in [0.25, 0.3) is 0 Å². The summed E-state index contributed by atoms with van der Waals surface area (Å²) < 4.78 is 13.1. The fourth-order valence-electron chi connectivity index (χ4n) is 2.09. The van der Waals surface area contributed by atoms with Crippen molar-refractivity contribution in [1.29, 1.82) is 0 Å². The lowest BCUT2D eigenvalue weighted by atomic mass is 10.1. The van der Waals surface area contributed by atoms with E-state index in [1.165, 1.54) is 31.7 Å². The van der Waals surface area contributed by atoms with Gasteiger partial charge in [0.2, 0.25) is 0 Å². The molecule has 0 spiro atoms. The monoisotopic (exact) mass is 271 g/mol. The van der Waals surface area contributed by atoms with Crippen molar-refractivity contribution in [3.05, 3.63) is 34.6 Å². The summed E-state index contributed by atoms with van der Waals surface area (Å²) in [5.74, 6) is -0.358. The van der Waals surface area contributed by atoms with Gasteiger partial charge in [0.1, 0.15) is 5.82 Å². The van der Waals surface area contributed by atoms with Crippen molar-refractivity contribution in [1.82, 2.24) is 5.32 Å². The zero-order chi connectivity index (χ0) is 13.5. The fraction of sp³-hybridized carbons (Fsp3) is 0.600. The predicted octanol–water partition coefficient (Wildman–Crippen LogP) is 5.10. The van der Waals surface area contributed by atoms with Crippen molar-refractivity contribution >= 4 is 11.6 Å². The molecule has 0 bridgehead atoms. The van der Waals surface area contributed by atoms with Crippen LogP contribution in [0.5, 0.6) is 0 Å². The maximum Gasteiger partial charge on any atom is 0.141 e. The Hall–Kier alpha value is -0.600. The van der Waals surface area contributed by atoms with E-state index < -0.39 is 0 Å². The molecule has 0 aliphatic rings.